The number of anilines is 1. The average molecular weight is 387 g/mol. The van der Waals surface area contributed by atoms with Gasteiger partial charge in [-0.25, -0.2) is 0 Å². The van der Waals surface area contributed by atoms with Gasteiger partial charge in [0.25, 0.3) is 0 Å². The second-order valence-electron chi connectivity index (χ2n) is 5.51. The third-order valence-electron chi connectivity index (χ3n) is 4.04. The van der Waals surface area contributed by atoms with Crippen molar-refractivity contribution >= 4 is 33.2 Å². The van der Waals surface area contributed by atoms with Crippen molar-refractivity contribution < 1.29 is 18.3 Å². The summed E-state index contributed by atoms with van der Waals surface area (Å²) in [5.74, 6) is -1.27. The molecule has 1 fully saturated rings. The second-order valence-corrected chi connectivity index (χ2v) is 6.77. The number of alkyl halides is 3. The Bertz CT molecular complexity index is 501. The maximum absolute atomic E-state index is 12.7. The van der Waals surface area contributed by atoms with E-state index >= 15 is 0 Å². The van der Waals surface area contributed by atoms with Crippen LogP contribution in [0.4, 0.5) is 18.9 Å². The van der Waals surface area contributed by atoms with Crippen molar-refractivity contribution in [1.82, 2.24) is 0 Å². The molecule has 1 saturated carbocycles. The van der Waals surface area contributed by atoms with E-state index in [-0.39, 0.29) is 32.3 Å². The van der Waals surface area contributed by atoms with Gasteiger partial charge in [0.15, 0.2) is 0 Å². The summed E-state index contributed by atoms with van der Waals surface area (Å²) in [6.45, 7) is -0.197. The van der Waals surface area contributed by atoms with E-state index in [4.69, 9.17) is 11.6 Å². The molecule has 0 amide bonds. The summed E-state index contributed by atoms with van der Waals surface area (Å²) < 4.78 is 38.9. The topological polar surface area (TPSA) is 32.3 Å². The zero-order valence-corrected chi connectivity index (χ0v) is 13.5. The van der Waals surface area contributed by atoms with Crippen LogP contribution in [0.5, 0.6) is 0 Å². The molecular weight excluding hydrogens is 371 g/mol. The average Bonchev–Trinajstić information content (AvgIpc) is 2.42. The Morgan fingerprint density at radius 2 is 1.95 bits per heavy atom. The van der Waals surface area contributed by atoms with E-state index in [1.807, 2.05) is 0 Å². The Balaban J connectivity index is 2.08. The Kier molecular flexibility index (Phi) is 5.11. The highest BCUT2D eigenvalue weighted by Gasteiger charge is 2.45. The molecule has 1 aliphatic rings. The molecule has 0 heterocycles. The summed E-state index contributed by atoms with van der Waals surface area (Å²) in [5.41, 5.74) is 0.0282. The molecule has 2 rings (SSSR count). The highest BCUT2D eigenvalue weighted by Crippen LogP contribution is 2.42. The van der Waals surface area contributed by atoms with Crippen molar-refractivity contribution in [3.8, 4) is 0 Å². The predicted octanol–water partition coefficient (Wildman–Crippen LogP) is 5.00. The molecule has 0 bridgehead atoms. The quantitative estimate of drug-likeness (QED) is 0.766. The number of rotatable bonds is 3. The number of aliphatic hydroxyl groups is 1. The van der Waals surface area contributed by atoms with Crippen LogP contribution in [0.25, 0.3) is 0 Å². The third kappa shape index (κ3) is 4.05. The number of hydrogen-bond donors (Lipinski definition) is 2. The van der Waals surface area contributed by atoms with Crippen LogP contribution in [-0.4, -0.2) is 23.4 Å². The first-order valence-electron chi connectivity index (χ1n) is 6.67. The fraction of sp³-hybridized carbons (Fsp3) is 0.571. The summed E-state index contributed by atoms with van der Waals surface area (Å²) in [6, 6.07) is 5.20. The van der Waals surface area contributed by atoms with Gasteiger partial charge < -0.3 is 10.4 Å². The zero-order chi connectivity index (χ0) is 15.7. The monoisotopic (exact) mass is 385 g/mol. The lowest BCUT2D eigenvalue weighted by Crippen LogP contribution is -2.47. The van der Waals surface area contributed by atoms with Gasteiger partial charge in [-0.05, 0) is 59.8 Å². The Morgan fingerprint density at radius 1 is 1.33 bits per heavy atom. The molecule has 1 aliphatic carbocycles. The largest absolute Gasteiger partial charge is 0.394 e. The maximum atomic E-state index is 12.7. The molecule has 0 atom stereocenters. The van der Waals surface area contributed by atoms with Gasteiger partial charge in [-0.3, -0.25) is 0 Å². The number of aliphatic hydroxyl groups excluding tert-OH is 1. The molecule has 0 aromatic heterocycles. The normalized spacial score (nSPS) is 26.7. The minimum absolute atomic E-state index is 0.0336. The predicted molar refractivity (Wildman–Crippen MR) is 80.6 cm³/mol. The van der Waals surface area contributed by atoms with Crippen molar-refractivity contribution in [3.63, 3.8) is 0 Å². The molecule has 0 aliphatic heterocycles. The summed E-state index contributed by atoms with van der Waals surface area (Å²) >= 11 is 9.22. The van der Waals surface area contributed by atoms with E-state index < -0.39 is 17.6 Å². The van der Waals surface area contributed by atoms with E-state index in [9.17, 15) is 18.3 Å². The highest BCUT2D eigenvalue weighted by atomic mass is 79.9. The van der Waals surface area contributed by atoms with E-state index in [2.05, 4.69) is 21.2 Å². The first kappa shape index (κ1) is 16.9. The van der Waals surface area contributed by atoms with Crippen LogP contribution < -0.4 is 5.32 Å². The molecule has 21 heavy (non-hydrogen) atoms. The van der Waals surface area contributed by atoms with Crippen LogP contribution in [0.3, 0.4) is 0 Å². The SMILES string of the molecule is OCC1(Nc2ccc(Cl)c(Br)c2)CCC(C(F)(F)F)CC1. The van der Waals surface area contributed by atoms with Crippen LogP contribution >= 0.6 is 27.5 Å². The van der Waals surface area contributed by atoms with E-state index in [1.54, 1.807) is 18.2 Å². The highest BCUT2D eigenvalue weighted by molar-refractivity contribution is 9.10. The number of halogens is 5. The van der Waals surface area contributed by atoms with Gasteiger partial charge in [0, 0.05) is 10.2 Å². The van der Waals surface area contributed by atoms with Crippen molar-refractivity contribution in [2.75, 3.05) is 11.9 Å². The summed E-state index contributed by atoms with van der Waals surface area (Å²) in [4.78, 5) is 0. The Hall–Kier alpha value is -0.460. The minimum Gasteiger partial charge on any atom is -0.394 e. The zero-order valence-electron chi connectivity index (χ0n) is 11.2. The van der Waals surface area contributed by atoms with Gasteiger partial charge >= 0.3 is 6.18 Å². The van der Waals surface area contributed by atoms with Crippen LogP contribution in [0, 0.1) is 5.92 Å². The van der Waals surface area contributed by atoms with Gasteiger partial charge in [-0.2, -0.15) is 13.2 Å². The fourth-order valence-electron chi connectivity index (χ4n) is 2.70. The standard InChI is InChI=1S/C14H16BrClF3NO/c15-11-7-10(1-2-12(11)16)20-13(8-21)5-3-9(4-6-13)14(17,18)19/h1-2,7,9,20-21H,3-6,8H2. The molecule has 1 aromatic rings. The summed E-state index contributed by atoms with van der Waals surface area (Å²) in [5, 5.41) is 13.4. The molecule has 0 spiro atoms. The van der Waals surface area contributed by atoms with Gasteiger partial charge in [-0.15, -0.1) is 0 Å². The van der Waals surface area contributed by atoms with Crippen molar-refractivity contribution in [2.24, 2.45) is 5.92 Å². The van der Waals surface area contributed by atoms with Crippen molar-refractivity contribution in [1.29, 1.82) is 0 Å². The Morgan fingerprint density at radius 3 is 2.43 bits per heavy atom. The van der Waals surface area contributed by atoms with Crippen LogP contribution in [-0.2, 0) is 0 Å². The molecule has 1 aromatic carbocycles. The fourth-order valence-corrected chi connectivity index (χ4v) is 3.20. The molecule has 0 saturated heterocycles. The summed E-state index contributed by atoms with van der Waals surface area (Å²) in [7, 11) is 0. The summed E-state index contributed by atoms with van der Waals surface area (Å²) in [6.07, 6.45) is -3.51. The third-order valence-corrected chi connectivity index (χ3v) is 5.25. The van der Waals surface area contributed by atoms with Gasteiger partial charge in [0.2, 0.25) is 0 Å². The number of nitrogens with one attached hydrogen (secondary N) is 1. The molecule has 7 heteroatoms. The molecule has 0 radical (unpaired) electrons. The van der Waals surface area contributed by atoms with Crippen molar-refractivity contribution in [2.45, 2.75) is 37.4 Å². The van der Waals surface area contributed by atoms with Crippen LogP contribution in [0.1, 0.15) is 25.7 Å². The lowest BCUT2D eigenvalue weighted by Gasteiger charge is -2.40. The van der Waals surface area contributed by atoms with E-state index in [1.165, 1.54) is 0 Å². The number of hydrogen-bond acceptors (Lipinski definition) is 2. The van der Waals surface area contributed by atoms with Crippen molar-refractivity contribution in [3.05, 3.63) is 27.7 Å². The van der Waals surface area contributed by atoms with E-state index in [0.29, 0.717) is 9.50 Å². The Labute approximate surface area is 134 Å². The van der Waals surface area contributed by atoms with E-state index in [0.717, 1.165) is 5.69 Å². The smallest absolute Gasteiger partial charge is 0.391 e. The lowest BCUT2D eigenvalue weighted by molar-refractivity contribution is -0.184. The molecular formula is C14H16BrClF3NO. The van der Waals surface area contributed by atoms with Crippen LogP contribution in [0.15, 0.2) is 22.7 Å². The number of benzene rings is 1. The maximum Gasteiger partial charge on any atom is 0.391 e. The molecule has 2 N–H and O–H groups in total. The lowest BCUT2D eigenvalue weighted by atomic mass is 9.76. The minimum atomic E-state index is -4.15. The molecule has 2 nitrogen and oxygen atoms in total. The van der Waals surface area contributed by atoms with Gasteiger partial charge in [0.1, 0.15) is 0 Å². The van der Waals surface area contributed by atoms with Gasteiger partial charge in [-0.1, -0.05) is 11.6 Å². The second kappa shape index (κ2) is 6.34. The first-order valence-corrected chi connectivity index (χ1v) is 7.84. The van der Waals surface area contributed by atoms with Crippen LogP contribution in [0.2, 0.25) is 5.02 Å². The molecule has 0 unspecified atom stereocenters. The molecule has 118 valence electrons. The first-order chi connectivity index (χ1) is 9.76. The van der Waals surface area contributed by atoms with Gasteiger partial charge in [0.05, 0.1) is 23.1 Å².